The van der Waals surface area contributed by atoms with Crippen molar-refractivity contribution in [2.75, 3.05) is 13.1 Å². The Labute approximate surface area is 151 Å². The van der Waals surface area contributed by atoms with Gasteiger partial charge in [0.1, 0.15) is 11.6 Å². The number of carbonyl (C=O) groups is 1. The first-order valence-electron chi connectivity index (χ1n) is 8.92. The van der Waals surface area contributed by atoms with Gasteiger partial charge in [-0.2, -0.15) is 5.10 Å². The molecule has 26 heavy (non-hydrogen) atoms. The summed E-state index contributed by atoms with van der Waals surface area (Å²) in [6.07, 6.45) is 6.47. The van der Waals surface area contributed by atoms with E-state index in [1.807, 2.05) is 4.90 Å². The topological polar surface area (TPSA) is 67.6 Å². The summed E-state index contributed by atoms with van der Waals surface area (Å²) in [5, 5.41) is 13.7. The van der Waals surface area contributed by atoms with E-state index in [1.54, 1.807) is 30.2 Å². The number of ether oxygens (including phenoxy) is 1. The van der Waals surface area contributed by atoms with Gasteiger partial charge in [-0.05, 0) is 30.5 Å². The van der Waals surface area contributed by atoms with Gasteiger partial charge in [0, 0.05) is 45.0 Å². The first-order chi connectivity index (χ1) is 12.4. The summed E-state index contributed by atoms with van der Waals surface area (Å²) in [4.78, 5) is 14.9. The van der Waals surface area contributed by atoms with Crippen molar-refractivity contribution in [3.05, 3.63) is 42.0 Å². The van der Waals surface area contributed by atoms with E-state index in [4.69, 9.17) is 4.74 Å². The summed E-state index contributed by atoms with van der Waals surface area (Å²) in [6.45, 7) is 1.19. The standard InChI is InChI=1S/C19H22FN3O3/c1-22-12-17(10-21-22)26-19(4-5-19)18(25)23-6-2-3-13(11-23)14-7-15(20)9-16(24)8-14/h7-10,12-13,24H,2-6,11H2,1H3. The highest BCUT2D eigenvalue weighted by Gasteiger charge is 2.55. The number of nitrogens with zero attached hydrogens (tertiary/aromatic N) is 3. The van der Waals surface area contributed by atoms with Crippen molar-refractivity contribution in [3.63, 3.8) is 0 Å². The number of hydrogen-bond donors (Lipinski definition) is 1. The third-order valence-corrected chi connectivity index (χ3v) is 5.17. The van der Waals surface area contributed by atoms with E-state index in [1.165, 1.54) is 6.07 Å². The molecule has 0 spiro atoms. The lowest BCUT2D eigenvalue weighted by atomic mass is 9.90. The van der Waals surface area contributed by atoms with Gasteiger partial charge in [0.05, 0.1) is 12.4 Å². The van der Waals surface area contributed by atoms with Gasteiger partial charge >= 0.3 is 0 Å². The molecular weight excluding hydrogens is 337 g/mol. The van der Waals surface area contributed by atoms with Crippen molar-refractivity contribution in [1.82, 2.24) is 14.7 Å². The van der Waals surface area contributed by atoms with Crippen molar-refractivity contribution < 1.29 is 19.0 Å². The van der Waals surface area contributed by atoms with E-state index in [0.717, 1.165) is 24.5 Å². The molecule has 1 saturated heterocycles. The highest BCUT2D eigenvalue weighted by molar-refractivity contribution is 5.88. The fourth-order valence-corrected chi connectivity index (χ4v) is 3.70. The van der Waals surface area contributed by atoms with Crippen LogP contribution in [-0.4, -0.2) is 44.4 Å². The molecule has 1 aliphatic heterocycles. The molecule has 1 aromatic heterocycles. The lowest BCUT2D eigenvalue weighted by Gasteiger charge is -2.35. The first-order valence-corrected chi connectivity index (χ1v) is 8.92. The molecule has 138 valence electrons. The van der Waals surface area contributed by atoms with Crippen LogP contribution < -0.4 is 4.74 Å². The van der Waals surface area contributed by atoms with Crippen molar-refractivity contribution in [1.29, 1.82) is 0 Å². The molecule has 0 radical (unpaired) electrons. The number of halogens is 1. The van der Waals surface area contributed by atoms with E-state index in [9.17, 15) is 14.3 Å². The zero-order valence-electron chi connectivity index (χ0n) is 14.7. The van der Waals surface area contributed by atoms with Crippen LogP contribution in [0.15, 0.2) is 30.6 Å². The predicted molar refractivity (Wildman–Crippen MR) is 92.4 cm³/mol. The number of phenols is 1. The number of carbonyl (C=O) groups excluding carboxylic acids is 1. The Morgan fingerprint density at radius 2 is 2.19 bits per heavy atom. The Kier molecular flexibility index (Phi) is 4.09. The summed E-state index contributed by atoms with van der Waals surface area (Å²) >= 11 is 0. The quantitative estimate of drug-likeness (QED) is 0.911. The Balaban J connectivity index is 1.48. The molecule has 1 amide bonds. The van der Waals surface area contributed by atoms with Gasteiger partial charge < -0.3 is 14.7 Å². The molecule has 1 aliphatic carbocycles. The van der Waals surface area contributed by atoms with E-state index in [0.29, 0.717) is 31.7 Å². The average molecular weight is 359 g/mol. The number of aromatic nitrogens is 2. The maximum Gasteiger partial charge on any atom is 0.266 e. The van der Waals surface area contributed by atoms with E-state index in [2.05, 4.69) is 5.10 Å². The van der Waals surface area contributed by atoms with Crippen LogP contribution >= 0.6 is 0 Å². The third kappa shape index (κ3) is 3.25. The van der Waals surface area contributed by atoms with Crippen LogP contribution in [0.4, 0.5) is 4.39 Å². The summed E-state index contributed by atoms with van der Waals surface area (Å²) in [6, 6.07) is 4.12. The minimum absolute atomic E-state index is 0.00771. The Bertz CT molecular complexity index is 811. The SMILES string of the molecule is Cn1cc(OC2(C(=O)N3CCCC(c4cc(O)cc(F)c4)C3)CC2)cn1. The van der Waals surface area contributed by atoms with E-state index in [-0.39, 0.29) is 17.6 Å². The summed E-state index contributed by atoms with van der Waals surface area (Å²) in [5.74, 6) is 0.0705. The van der Waals surface area contributed by atoms with Gasteiger partial charge in [-0.1, -0.05) is 0 Å². The maximum atomic E-state index is 13.6. The number of amides is 1. The number of hydrogen-bond acceptors (Lipinski definition) is 4. The maximum absolute atomic E-state index is 13.6. The van der Waals surface area contributed by atoms with Crippen LogP contribution in [0.5, 0.6) is 11.5 Å². The molecule has 0 bridgehead atoms. The molecule has 1 aromatic carbocycles. The van der Waals surface area contributed by atoms with Crippen molar-refractivity contribution in [2.45, 2.75) is 37.2 Å². The number of rotatable bonds is 4. The minimum Gasteiger partial charge on any atom is -0.508 e. The number of piperidine rings is 1. The molecule has 1 unspecified atom stereocenters. The molecule has 1 N–H and O–H groups in total. The fourth-order valence-electron chi connectivity index (χ4n) is 3.70. The van der Waals surface area contributed by atoms with Gasteiger partial charge in [0.25, 0.3) is 5.91 Å². The Hall–Kier alpha value is -2.57. The highest BCUT2D eigenvalue weighted by atomic mass is 19.1. The van der Waals surface area contributed by atoms with Crippen LogP contribution in [0.1, 0.15) is 37.2 Å². The second-order valence-corrected chi connectivity index (χ2v) is 7.28. The van der Waals surface area contributed by atoms with Crippen molar-refractivity contribution in [2.24, 2.45) is 7.05 Å². The van der Waals surface area contributed by atoms with Crippen LogP contribution in [0.3, 0.4) is 0 Å². The minimum atomic E-state index is -0.783. The average Bonchev–Trinajstić information content (AvgIpc) is 3.28. The van der Waals surface area contributed by atoms with E-state index < -0.39 is 11.4 Å². The Morgan fingerprint density at radius 3 is 2.85 bits per heavy atom. The molecule has 6 nitrogen and oxygen atoms in total. The number of aryl methyl sites for hydroxylation is 1. The monoisotopic (exact) mass is 359 g/mol. The number of phenolic OH excluding ortho intramolecular Hbond substituents is 1. The largest absolute Gasteiger partial charge is 0.508 e. The van der Waals surface area contributed by atoms with E-state index >= 15 is 0 Å². The summed E-state index contributed by atoms with van der Waals surface area (Å²) in [5.41, 5.74) is -0.0485. The van der Waals surface area contributed by atoms with Gasteiger partial charge in [0.2, 0.25) is 0 Å². The molecule has 2 aromatic rings. The van der Waals surface area contributed by atoms with Gasteiger partial charge in [-0.3, -0.25) is 9.48 Å². The molecule has 4 rings (SSSR count). The number of benzene rings is 1. The van der Waals surface area contributed by atoms with Crippen LogP contribution in [0.2, 0.25) is 0 Å². The molecule has 1 saturated carbocycles. The summed E-state index contributed by atoms with van der Waals surface area (Å²) < 4.78 is 21.2. The zero-order valence-corrected chi connectivity index (χ0v) is 14.7. The zero-order chi connectivity index (χ0) is 18.3. The van der Waals surface area contributed by atoms with Crippen molar-refractivity contribution in [3.8, 4) is 11.5 Å². The lowest BCUT2D eigenvalue weighted by Crippen LogP contribution is -2.47. The second-order valence-electron chi connectivity index (χ2n) is 7.28. The molecule has 2 fully saturated rings. The second kappa shape index (κ2) is 6.30. The van der Waals surface area contributed by atoms with Crippen LogP contribution in [-0.2, 0) is 11.8 Å². The molecule has 7 heteroatoms. The lowest BCUT2D eigenvalue weighted by molar-refractivity contribution is -0.142. The van der Waals surface area contributed by atoms with Crippen LogP contribution in [0, 0.1) is 5.82 Å². The molecule has 2 aliphatic rings. The molecule has 2 heterocycles. The van der Waals surface area contributed by atoms with Gasteiger partial charge in [-0.25, -0.2) is 4.39 Å². The predicted octanol–water partition coefficient (Wildman–Crippen LogP) is 2.58. The molecular formula is C19H22FN3O3. The van der Waals surface area contributed by atoms with Crippen LogP contribution in [0.25, 0.3) is 0 Å². The number of likely N-dealkylation sites (tertiary alicyclic amines) is 1. The smallest absolute Gasteiger partial charge is 0.266 e. The summed E-state index contributed by atoms with van der Waals surface area (Å²) in [7, 11) is 1.80. The number of aromatic hydroxyl groups is 1. The molecule has 1 atom stereocenters. The first kappa shape index (κ1) is 16.9. The highest BCUT2D eigenvalue weighted by Crippen LogP contribution is 2.43. The normalized spacial score (nSPS) is 21.5. The van der Waals surface area contributed by atoms with Crippen molar-refractivity contribution >= 4 is 5.91 Å². The third-order valence-electron chi connectivity index (χ3n) is 5.17. The fraction of sp³-hybridized carbons (Fsp3) is 0.474. The van der Waals surface area contributed by atoms with Gasteiger partial charge in [0.15, 0.2) is 11.4 Å². The van der Waals surface area contributed by atoms with Gasteiger partial charge in [-0.15, -0.1) is 0 Å². The Morgan fingerprint density at radius 1 is 1.38 bits per heavy atom.